The summed E-state index contributed by atoms with van der Waals surface area (Å²) in [7, 11) is 0. The van der Waals surface area contributed by atoms with Gasteiger partial charge >= 0.3 is 0 Å². The lowest BCUT2D eigenvalue weighted by molar-refractivity contribution is -0.897. The molecule has 4 rings (SSSR count). The topological polar surface area (TPSA) is 107 Å². The lowest BCUT2D eigenvalue weighted by atomic mass is 10.0. The number of hydrogen-bond donors (Lipinski definition) is 2. The molecule has 1 aromatic heterocycles. The highest BCUT2D eigenvalue weighted by molar-refractivity contribution is 5.91. The SMILES string of the molecule is Cc1ccc2c(c1)nnn2C1CC[NH+](CC(=O)Nc2cccc([N+](=O)[O-])c2)CC1. The van der Waals surface area contributed by atoms with Gasteiger partial charge in [0.05, 0.1) is 29.6 Å². The molecule has 150 valence electrons. The summed E-state index contributed by atoms with van der Waals surface area (Å²) in [5.74, 6) is -0.138. The highest BCUT2D eigenvalue weighted by Crippen LogP contribution is 2.22. The Hall–Kier alpha value is -3.33. The maximum atomic E-state index is 12.3. The number of anilines is 1. The van der Waals surface area contributed by atoms with Crippen LogP contribution in [-0.4, -0.2) is 45.5 Å². The van der Waals surface area contributed by atoms with Crippen LogP contribution in [0.25, 0.3) is 11.0 Å². The molecule has 3 aromatic rings. The van der Waals surface area contributed by atoms with Gasteiger partial charge in [-0.15, -0.1) is 5.10 Å². The fraction of sp³-hybridized carbons (Fsp3) is 0.350. The normalized spacial score (nSPS) is 19.2. The number of nitrogens with zero attached hydrogens (tertiary/aromatic N) is 4. The number of nitro groups is 1. The van der Waals surface area contributed by atoms with Crippen molar-refractivity contribution in [2.45, 2.75) is 25.8 Å². The molecule has 1 aliphatic rings. The minimum atomic E-state index is -0.471. The van der Waals surface area contributed by atoms with E-state index in [1.54, 1.807) is 12.1 Å². The van der Waals surface area contributed by atoms with Crippen molar-refractivity contribution in [3.8, 4) is 0 Å². The average molecular weight is 395 g/mol. The Bertz CT molecular complexity index is 1060. The van der Waals surface area contributed by atoms with Crippen molar-refractivity contribution >= 4 is 28.3 Å². The fourth-order valence-corrected chi connectivity index (χ4v) is 3.88. The number of aryl methyl sites for hydroxylation is 1. The minimum absolute atomic E-state index is 0.0359. The number of hydrogen-bond acceptors (Lipinski definition) is 5. The molecule has 0 bridgehead atoms. The van der Waals surface area contributed by atoms with Gasteiger partial charge in [-0.3, -0.25) is 14.9 Å². The highest BCUT2D eigenvalue weighted by atomic mass is 16.6. The molecule has 2 heterocycles. The van der Waals surface area contributed by atoms with Crippen LogP contribution >= 0.6 is 0 Å². The number of likely N-dealkylation sites (tertiary alicyclic amines) is 1. The Balaban J connectivity index is 1.33. The number of rotatable bonds is 5. The molecule has 0 aliphatic carbocycles. The number of carbonyl (C=O) groups excluding carboxylic acids is 1. The van der Waals surface area contributed by atoms with Gasteiger partial charge in [-0.05, 0) is 30.7 Å². The van der Waals surface area contributed by atoms with Crippen molar-refractivity contribution in [3.05, 3.63) is 58.1 Å². The van der Waals surface area contributed by atoms with E-state index in [-0.39, 0.29) is 17.6 Å². The Labute approximate surface area is 167 Å². The van der Waals surface area contributed by atoms with E-state index in [4.69, 9.17) is 0 Å². The number of fused-ring (bicyclic) bond motifs is 1. The van der Waals surface area contributed by atoms with E-state index >= 15 is 0 Å². The van der Waals surface area contributed by atoms with Gasteiger partial charge in [0.2, 0.25) is 0 Å². The molecule has 0 atom stereocenters. The highest BCUT2D eigenvalue weighted by Gasteiger charge is 2.27. The minimum Gasteiger partial charge on any atom is -0.327 e. The Morgan fingerprint density at radius 2 is 2.07 bits per heavy atom. The Morgan fingerprint density at radius 3 is 2.83 bits per heavy atom. The third-order valence-electron chi connectivity index (χ3n) is 5.39. The number of quaternary nitrogens is 1. The van der Waals surface area contributed by atoms with Crippen molar-refractivity contribution < 1.29 is 14.6 Å². The molecule has 9 heteroatoms. The zero-order valence-corrected chi connectivity index (χ0v) is 16.2. The third kappa shape index (κ3) is 4.24. The molecule has 0 spiro atoms. The molecule has 2 aromatic carbocycles. The van der Waals surface area contributed by atoms with Gasteiger partial charge in [-0.1, -0.05) is 17.3 Å². The maximum Gasteiger partial charge on any atom is 0.279 e. The van der Waals surface area contributed by atoms with Crippen LogP contribution in [-0.2, 0) is 4.79 Å². The summed E-state index contributed by atoms with van der Waals surface area (Å²) in [4.78, 5) is 23.9. The number of nitro benzene ring substituents is 1. The zero-order chi connectivity index (χ0) is 20.4. The quantitative estimate of drug-likeness (QED) is 0.503. The van der Waals surface area contributed by atoms with Crippen molar-refractivity contribution in [3.63, 3.8) is 0 Å². The van der Waals surface area contributed by atoms with Gasteiger partial charge < -0.3 is 10.2 Å². The molecular formula is C20H23N6O3+. The first-order valence-electron chi connectivity index (χ1n) is 9.69. The molecule has 1 saturated heterocycles. The molecule has 1 aliphatic heterocycles. The second kappa shape index (κ2) is 7.96. The van der Waals surface area contributed by atoms with Gasteiger partial charge in [0, 0.05) is 30.7 Å². The van der Waals surface area contributed by atoms with Gasteiger partial charge in [0.15, 0.2) is 6.54 Å². The van der Waals surface area contributed by atoms with Crippen LogP contribution in [0, 0.1) is 17.0 Å². The summed E-state index contributed by atoms with van der Waals surface area (Å²) >= 11 is 0. The Kier molecular flexibility index (Phi) is 5.22. The molecular weight excluding hydrogens is 372 g/mol. The van der Waals surface area contributed by atoms with Gasteiger partial charge in [-0.25, -0.2) is 4.68 Å². The smallest absolute Gasteiger partial charge is 0.279 e. The molecule has 0 radical (unpaired) electrons. The van der Waals surface area contributed by atoms with Crippen LogP contribution in [0.2, 0.25) is 0 Å². The number of piperidine rings is 1. The molecule has 2 N–H and O–H groups in total. The van der Waals surface area contributed by atoms with E-state index in [0.717, 1.165) is 37.0 Å². The number of benzene rings is 2. The third-order valence-corrected chi connectivity index (χ3v) is 5.39. The van der Waals surface area contributed by atoms with Crippen LogP contribution in [0.5, 0.6) is 0 Å². The number of carbonyl (C=O) groups is 1. The van der Waals surface area contributed by atoms with E-state index in [2.05, 4.69) is 27.8 Å². The summed E-state index contributed by atoms with van der Waals surface area (Å²) in [5.41, 5.74) is 3.54. The lowest BCUT2D eigenvalue weighted by Gasteiger charge is -2.29. The molecule has 0 saturated carbocycles. The summed E-state index contributed by atoms with van der Waals surface area (Å²) in [6, 6.07) is 12.5. The number of aromatic nitrogens is 3. The van der Waals surface area contributed by atoms with E-state index in [0.29, 0.717) is 12.2 Å². The molecule has 0 unspecified atom stereocenters. The number of non-ortho nitro benzene ring substituents is 1. The second-order valence-electron chi connectivity index (χ2n) is 7.54. The van der Waals surface area contributed by atoms with Crippen LogP contribution in [0.15, 0.2) is 42.5 Å². The van der Waals surface area contributed by atoms with E-state index < -0.39 is 4.92 Å². The molecule has 29 heavy (non-hydrogen) atoms. The summed E-state index contributed by atoms with van der Waals surface area (Å²) in [6.45, 7) is 4.10. The van der Waals surface area contributed by atoms with Crippen molar-refractivity contribution in [2.24, 2.45) is 0 Å². The van der Waals surface area contributed by atoms with E-state index in [1.165, 1.54) is 22.6 Å². The zero-order valence-electron chi connectivity index (χ0n) is 16.2. The fourth-order valence-electron chi connectivity index (χ4n) is 3.88. The maximum absolute atomic E-state index is 12.3. The second-order valence-corrected chi connectivity index (χ2v) is 7.54. The molecule has 1 fully saturated rings. The lowest BCUT2D eigenvalue weighted by Crippen LogP contribution is -3.14. The van der Waals surface area contributed by atoms with Gasteiger partial charge in [0.25, 0.3) is 11.6 Å². The largest absolute Gasteiger partial charge is 0.327 e. The number of nitrogens with one attached hydrogen (secondary N) is 2. The van der Waals surface area contributed by atoms with Crippen molar-refractivity contribution in [1.82, 2.24) is 15.0 Å². The molecule has 1 amide bonds. The first kappa shape index (κ1) is 19.0. The van der Waals surface area contributed by atoms with E-state index in [9.17, 15) is 14.9 Å². The van der Waals surface area contributed by atoms with Crippen LogP contribution in [0.4, 0.5) is 11.4 Å². The van der Waals surface area contributed by atoms with Crippen molar-refractivity contribution in [2.75, 3.05) is 25.0 Å². The first-order valence-corrected chi connectivity index (χ1v) is 9.69. The van der Waals surface area contributed by atoms with Crippen LogP contribution in [0.1, 0.15) is 24.4 Å². The summed E-state index contributed by atoms with van der Waals surface area (Å²) in [5, 5.41) is 22.3. The first-order chi connectivity index (χ1) is 14.0. The summed E-state index contributed by atoms with van der Waals surface area (Å²) in [6.07, 6.45) is 1.84. The average Bonchev–Trinajstić information content (AvgIpc) is 3.11. The standard InChI is InChI=1S/C20H22N6O3/c1-14-5-6-19-18(11-14)22-23-25(19)16-7-9-24(10-8-16)13-20(27)21-15-3-2-4-17(12-15)26(28)29/h2-6,11-12,16H,7-10,13H2,1H3,(H,21,27)/p+1. The predicted molar refractivity (Wildman–Crippen MR) is 108 cm³/mol. The van der Waals surface area contributed by atoms with E-state index in [1.807, 2.05) is 17.7 Å². The number of amides is 1. The predicted octanol–water partition coefficient (Wildman–Crippen LogP) is 1.51. The summed E-state index contributed by atoms with van der Waals surface area (Å²) < 4.78 is 2.01. The van der Waals surface area contributed by atoms with Crippen LogP contribution < -0.4 is 10.2 Å². The van der Waals surface area contributed by atoms with Crippen molar-refractivity contribution in [1.29, 1.82) is 0 Å². The monoisotopic (exact) mass is 395 g/mol. The van der Waals surface area contributed by atoms with Gasteiger partial charge in [-0.2, -0.15) is 0 Å². The van der Waals surface area contributed by atoms with Gasteiger partial charge in [0.1, 0.15) is 5.52 Å². The molecule has 9 nitrogen and oxygen atoms in total. The van der Waals surface area contributed by atoms with Crippen LogP contribution in [0.3, 0.4) is 0 Å². The Morgan fingerprint density at radius 1 is 1.28 bits per heavy atom.